The minimum Gasteiger partial charge on any atom is -0.461 e. The molecule has 4 rings (SSSR count). The normalized spacial score (nSPS) is 15.3. The maximum atomic E-state index is 7.79. The first-order valence-corrected chi connectivity index (χ1v) is 8.79. The molecule has 140 valence electrons. The quantitative estimate of drug-likeness (QED) is 0.483. The van der Waals surface area contributed by atoms with Crippen molar-refractivity contribution in [3.8, 4) is 11.6 Å². The van der Waals surface area contributed by atoms with E-state index in [1.54, 1.807) is 18.4 Å². The Morgan fingerprint density at radius 1 is 1.30 bits per heavy atom. The van der Waals surface area contributed by atoms with Crippen LogP contribution in [0.1, 0.15) is 18.4 Å². The van der Waals surface area contributed by atoms with E-state index in [2.05, 4.69) is 25.3 Å². The highest BCUT2D eigenvalue weighted by Crippen LogP contribution is 2.23. The summed E-state index contributed by atoms with van der Waals surface area (Å²) in [6, 6.07) is 3.52. The van der Waals surface area contributed by atoms with Crippen LogP contribution < -0.4 is 11.1 Å². The lowest BCUT2D eigenvalue weighted by Crippen LogP contribution is -2.36. The third-order valence-electron chi connectivity index (χ3n) is 4.61. The van der Waals surface area contributed by atoms with Crippen LogP contribution in [-0.4, -0.2) is 62.6 Å². The summed E-state index contributed by atoms with van der Waals surface area (Å²) in [5, 5.41) is 23.1. The predicted molar refractivity (Wildman–Crippen MR) is 103 cm³/mol. The number of likely N-dealkylation sites (tertiary alicyclic amines) is 1. The molecule has 0 bridgehead atoms. The number of nitrogens with two attached hydrogens (primary N) is 1. The number of nitrogen functional groups attached to an aromatic ring is 1. The van der Waals surface area contributed by atoms with Gasteiger partial charge in [-0.2, -0.15) is 9.50 Å². The molecule has 10 nitrogen and oxygen atoms in total. The minimum atomic E-state index is 0.190. The van der Waals surface area contributed by atoms with E-state index in [1.165, 1.54) is 10.7 Å². The molecule has 0 amide bonds. The molecule has 0 aliphatic carbocycles. The van der Waals surface area contributed by atoms with Crippen LogP contribution in [0.15, 0.2) is 22.8 Å². The van der Waals surface area contributed by atoms with Gasteiger partial charge in [0, 0.05) is 38.1 Å². The Bertz CT molecular complexity index is 966. The van der Waals surface area contributed by atoms with Crippen LogP contribution in [0.3, 0.4) is 0 Å². The van der Waals surface area contributed by atoms with Gasteiger partial charge in [-0.15, -0.1) is 5.10 Å². The van der Waals surface area contributed by atoms with Crippen LogP contribution in [0, 0.1) is 10.8 Å². The maximum absolute atomic E-state index is 7.79. The number of piperidine rings is 1. The zero-order valence-electron chi connectivity index (χ0n) is 14.8. The molecule has 1 saturated heterocycles. The predicted octanol–water partition coefficient (Wildman–Crippen LogP) is 1.49. The molecule has 1 fully saturated rings. The summed E-state index contributed by atoms with van der Waals surface area (Å²) in [6.45, 7) is 3.31. The molecule has 27 heavy (non-hydrogen) atoms. The minimum absolute atomic E-state index is 0.190. The summed E-state index contributed by atoms with van der Waals surface area (Å²) >= 11 is 0. The maximum Gasteiger partial charge on any atom is 0.225 e. The van der Waals surface area contributed by atoms with Crippen molar-refractivity contribution in [2.24, 2.45) is 0 Å². The van der Waals surface area contributed by atoms with Crippen LogP contribution in [0.4, 0.5) is 11.8 Å². The Hall–Kier alpha value is -3.27. The highest BCUT2D eigenvalue weighted by Gasteiger charge is 2.18. The van der Waals surface area contributed by atoms with E-state index < -0.39 is 0 Å². The molecule has 0 spiro atoms. The lowest BCUT2D eigenvalue weighted by Gasteiger charge is -2.27. The van der Waals surface area contributed by atoms with Crippen LogP contribution >= 0.6 is 0 Å². The Kier molecular flexibility index (Phi) is 4.55. The van der Waals surface area contributed by atoms with Gasteiger partial charge in [-0.1, -0.05) is 0 Å². The Labute approximate surface area is 155 Å². The molecule has 1 aliphatic heterocycles. The van der Waals surface area contributed by atoms with Crippen molar-refractivity contribution < 1.29 is 4.42 Å². The second-order valence-corrected chi connectivity index (χ2v) is 6.40. The fraction of sp³-hybridized carbons (Fsp3) is 0.353. The van der Waals surface area contributed by atoms with Crippen molar-refractivity contribution in [1.29, 1.82) is 10.8 Å². The number of furan rings is 1. The molecule has 4 heterocycles. The average molecular weight is 367 g/mol. The van der Waals surface area contributed by atoms with Gasteiger partial charge in [0.2, 0.25) is 11.8 Å². The zero-order chi connectivity index (χ0) is 18.8. The molecular weight excluding hydrogens is 346 g/mol. The standard InChI is InChI=1S/C17H21N9O/c18-10-12-14(21-5-8-25-6-3-11(19)4-7-25)23-17(20)26-16(12)22-15(24-26)13-2-1-9-27-13/h1-2,9-10,18-19,21H,3-8H2,(H2,20,23). The van der Waals surface area contributed by atoms with Crippen molar-refractivity contribution in [2.75, 3.05) is 37.2 Å². The summed E-state index contributed by atoms with van der Waals surface area (Å²) in [7, 11) is 0. The van der Waals surface area contributed by atoms with E-state index in [0.29, 0.717) is 35.2 Å². The summed E-state index contributed by atoms with van der Waals surface area (Å²) in [4.78, 5) is 11.1. The van der Waals surface area contributed by atoms with Gasteiger partial charge in [0.25, 0.3) is 0 Å². The molecule has 0 atom stereocenters. The van der Waals surface area contributed by atoms with Gasteiger partial charge in [-0.05, 0) is 25.0 Å². The first-order chi connectivity index (χ1) is 13.2. The number of aromatic nitrogens is 4. The smallest absolute Gasteiger partial charge is 0.225 e. The average Bonchev–Trinajstić information content (AvgIpc) is 3.33. The molecule has 0 radical (unpaired) electrons. The topological polar surface area (TPSA) is 145 Å². The van der Waals surface area contributed by atoms with Gasteiger partial charge in [-0.3, -0.25) is 0 Å². The number of hydrogen-bond acceptors (Lipinski definition) is 9. The molecule has 5 N–H and O–H groups in total. The lowest BCUT2D eigenvalue weighted by molar-refractivity contribution is 0.284. The number of nitrogens with one attached hydrogen (secondary N) is 3. The van der Waals surface area contributed by atoms with Gasteiger partial charge in [0.1, 0.15) is 5.82 Å². The first-order valence-electron chi connectivity index (χ1n) is 8.79. The first kappa shape index (κ1) is 17.2. The van der Waals surface area contributed by atoms with Crippen LogP contribution in [0.2, 0.25) is 0 Å². The van der Waals surface area contributed by atoms with E-state index in [9.17, 15) is 0 Å². The van der Waals surface area contributed by atoms with Crippen LogP contribution in [0.25, 0.3) is 17.2 Å². The third kappa shape index (κ3) is 3.38. The summed E-state index contributed by atoms with van der Waals surface area (Å²) in [5.74, 6) is 1.62. The van der Waals surface area contributed by atoms with Gasteiger partial charge in [0.05, 0.1) is 11.8 Å². The van der Waals surface area contributed by atoms with E-state index in [1.807, 2.05) is 0 Å². The summed E-state index contributed by atoms with van der Waals surface area (Å²) in [6.07, 6.45) is 4.42. The van der Waals surface area contributed by atoms with E-state index in [0.717, 1.165) is 38.2 Å². The lowest BCUT2D eigenvalue weighted by atomic mass is 10.1. The summed E-state index contributed by atoms with van der Waals surface area (Å²) < 4.78 is 6.76. The summed E-state index contributed by atoms with van der Waals surface area (Å²) in [5.41, 5.74) is 7.85. The Morgan fingerprint density at radius 3 is 2.81 bits per heavy atom. The van der Waals surface area contributed by atoms with Crippen molar-refractivity contribution in [3.05, 3.63) is 24.0 Å². The third-order valence-corrected chi connectivity index (χ3v) is 4.61. The van der Waals surface area contributed by atoms with Crippen LogP contribution in [0.5, 0.6) is 0 Å². The number of hydrogen-bond donors (Lipinski definition) is 4. The molecular formula is C17H21N9O. The fourth-order valence-corrected chi connectivity index (χ4v) is 3.13. The Balaban J connectivity index is 1.55. The second-order valence-electron chi connectivity index (χ2n) is 6.40. The molecule has 0 saturated carbocycles. The number of anilines is 2. The van der Waals surface area contributed by atoms with E-state index in [-0.39, 0.29) is 5.95 Å². The highest BCUT2D eigenvalue weighted by atomic mass is 16.3. The van der Waals surface area contributed by atoms with Crippen LogP contribution in [-0.2, 0) is 0 Å². The van der Waals surface area contributed by atoms with Gasteiger partial charge < -0.3 is 31.2 Å². The second kappa shape index (κ2) is 7.16. The van der Waals surface area contributed by atoms with Crippen molar-refractivity contribution >= 4 is 29.3 Å². The number of rotatable bonds is 6. The van der Waals surface area contributed by atoms with Gasteiger partial charge in [0.15, 0.2) is 11.4 Å². The Morgan fingerprint density at radius 2 is 2.11 bits per heavy atom. The molecule has 3 aromatic rings. The van der Waals surface area contributed by atoms with E-state index in [4.69, 9.17) is 21.0 Å². The number of fused-ring (bicyclic) bond motifs is 1. The van der Waals surface area contributed by atoms with Gasteiger partial charge in [-0.25, -0.2) is 4.98 Å². The monoisotopic (exact) mass is 367 g/mol. The largest absolute Gasteiger partial charge is 0.461 e. The van der Waals surface area contributed by atoms with Crippen molar-refractivity contribution in [3.63, 3.8) is 0 Å². The molecule has 0 unspecified atom stereocenters. The highest BCUT2D eigenvalue weighted by molar-refractivity contribution is 5.93. The fourth-order valence-electron chi connectivity index (χ4n) is 3.13. The van der Waals surface area contributed by atoms with Crippen molar-refractivity contribution in [2.45, 2.75) is 12.8 Å². The molecule has 0 aromatic carbocycles. The van der Waals surface area contributed by atoms with Crippen molar-refractivity contribution in [1.82, 2.24) is 24.5 Å². The van der Waals surface area contributed by atoms with E-state index >= 15 is 0 Å². The van der Waals surface area contributed by atoms with Gasteiger partial charge >= 0.3 is 0 Å². The SMILES string of the molecule is N=Cc1c(NCCN2CCC(=N)CC2)nc(N)n2nc(-c3ccco3)nc12. The molecule has 1 aliphatic rings. The molecule has 3 aromatic heterocycles. The number of nitrogens with zero attached hydrogens (tertiary/aromatic N) is 5. The zero-order valence-corrected chi connectivity index (χ0v) is 14.8. The molecule has 10 heteroatoms.